The van der Waals surface area contributed by atoms with Crippen LogP contribution < -0.4 is 4.80 Å². The van der Waals surface area contributed by atoms with E-state index in [1.165, 1.54) is 38.1 Å². The van der Waals surface area contributed by atoms with Crippen LogP contribution in [-0.4, -0.2) is 36.3 Å². The Morgan fingerprint density at radius 3 is 2.55 bits per heavy atom. The van der Waals surface area contributed by atoms with E-state index in [4.69, 9.17) is 0 Å². The van der Waals surface area contributed by atoms with E-state index < -0.39 is 10.0 Å². The minimum atomic E-state index is -3.45. The normalized spacial score (nSPS) is 17.3. The van der Waals surface area contributed by atoms with Crippen molar-refractivity contribution in [3.05, 3.63) is 45.6 Å². The number of amides is 1. The Morgan fingerprint density at radius 2 is 1.90 bits per heavy atom. The number of fused-ring (bicyclic) bond motifs is 1. The number of thiazole rings is 1. The van der Waals surface area contributed by atoms with Crippen LogP contribution in [0.3, 0.4) is 0 Å². The molecule has 1 fully saturated rings. The van der Waals surface area contributed by atoms with Gasteiger partial charge in [0.25, 0.3) is 15.9 Å². The molecule has 1 amide bonds. The van der Waals surface area contributed by atoms with Gasteiger partial charge in [-0.15, -0.1) is 11.3 Å². The molecule has 0 bridgehead atoms. The van der Waals surface area contributed by atoms with E-state index in [1.54, 1.807) is 17.5 Å². The van der Waals surface area contributed by atoms with E-state index in [2.05, 4.69) is 31.0 Å². The summed E-state index contributed by atoms with van der Waals surface area (Å²) in [6.45, 7) is 4.86. The Balaban J connectivity index is 1.53. The lowest BCUT2D eigenvalue weighted by molar-refractivity contribution is -0.122. The number of benzene rings is 1. The van der Waals surface area contributed by atoms with Crippen molar-refractivity contribution in [3.8, 4) is 0 Å². The monoisotopic (exact) mass is 449 g/mol. The van der Waals surface area contributed by atoms with Gasteiger partial charge < -0.3 is 4.57 Å². The number of piperidine rings is 1. The number of sulfonamides is 1. The molecule has 6 nitrogen and oxygen atoms in total. The van der Waals surface area contributed by atoms with Crippen molar-refractivity contribution in [2.45, 2.75) is 30.9 Å². The summed E-state index contributed by atoms with van der Waals surface area (Å²) in [5.74, 6) is -0.396. The molecule has 29 heavy (non-hydrogen) atoms. The molecule has 0 saturated carbocycles. The summed E-state index contributed by atoms with van der Waals surface area (Å²) < 4.78 is 30.2. The molecule has 0 unspecified atom stereocenters. The molecule has 1 aliphatic rings. The van der Waals surface area contributed by atoms with Crippen LogP contribution in [0.15, 0.2) is 38.8 Å². The van der Waals surface area contributed by atoms with Crippen molar-refractivity contribution < 1.29 is 13.2 Å². The van der Waals surface area contributed by atoms with Crippen molar-refractivity contribution in [3.63, 3.8) is 0 Å². The molecule has 0 spiro atoms. The van der Waals surface area contributed by atoms with Gasteiger partial charge >= 0.3 is 0 Å². The molecular formula is C20H23N3O3S3. The summed E-state index contributed by atoms with van der Waals surface area (Å²) in [6.07, 6.45) is 0.999. The maximum Gasteiger partial charge on any atom is 0.252 e. The lowest BCUT2D eigenvalue weighted by Gasteiger charge is -2.29. The number of aromatic nitrogens is 1. The molecule has 1 saturated heterocycles. The second kappa shape index (κ2) is 7.79. The van der Waals surface area contributed by atoms with Crippen LogP contribution in [0, 0.1) is 19.8 Å². The number of hydrogen-bond acceptors (Lipinski definition) is 5. The number of carbonyl (C=O) groups is 1. The smallest absolute Gasteiger partial charge is 0.252 e. The first kappa shape index (κ1) is 20.5. The molecule has 0 atom stereocenters. The lowest BCUT2D eigenvalue weighted by Crippen LogP contribution is -2.40. The molecule has 154 valence electrons. The van der Waals surface area contributed by atoms with E-state index in [0.717, 1.165) is 10.2 Å². The average Bonchev–Trinajstić information content (AvgIpc) is 3.35. The third kappa shape index (κ3) is 3.72. The molecule has 0 N–H and O–H groups in total. The van der Waals surface area contributed by atoms with Crippen LogP contribution in [0.5, 0.6) is 0 Å². The first-order chi connectivity index (χ1) is 13.8. The first-order valence-corrected chi connectivity index (χ1v) is 12.6. The summed E-state index contributed by atoms with van der Waals surface area (Å²) in [7, 11) is -1.51. The molecule has 0 aliphatic carbocycles. The summed E-state index contributed by atoms with van der Waals surface area (Å²) >= 11 is 2.73. The van der Waals surface area contributed by atoms with Gasteiger partial charge in [0.15, 0.2) is 4.80 Å². The highest BCUT2D eigenvalue weighted by Crippen LogP contribution is 2.27. The topological polar surface area (TPSA) is 71.7 Å². The zero-order valence-electron chi connectivity index (χ0n) is 16.6. The van der Waals surface area contributed by atoms with E-state index in [0.29, 0.717) is 34.9 Å². The summed E-state index contributed by atoms with van der Waals surface area (Å²) in [5, 5.41) is 1.76. The molecule has 2 aromatic heterocycles. The van der Waals surface area contributed by atoms with Crippen LogP contribution in [0.25, 0.3) is 10.2 Å². The van der Waals surface area contributed by atoms with E-state index in [-0.39, 0.29) is 11.8 Å². The molecule has 1 aliphatic heterocycles. The average molecular weight is 450 g/mol. The highest BCUT2D eigenvalue weighted by Gasteiger charge is 2.32. The van der Waals surface area contributed by atoms with Crippen molar-refractivity contribution in [1.82, 2.24) is 8.87 Å². The van der Waals surface area contributed by atoms with Crippen LogP contribution in [-0.2, 0) is 21.9 Å². The predicted octanol–water partition coefficient (Wildman–Crippen LogP) is 3.45. The standard InChI is InChI=1S/C20H23N3O3S3/c1-13-6-7-16-18(14(13)2)22(3)20(28-16)21-19(24)15-8-10-23(11-9-15)29(25,26)17-5-4-12-27-17/h4-7,12,15H,8-11H2,1-3H3. The summed E-state index contributed by atoms with van der Waals surface area (Å²) in [5.41, 5.74) is 3.52. The number of rotatable bonds is 3. The first-order valence-electron chi connectivity index (χ1n) is 9.47. The Labute approximate surface area is 178 Å². The number of thiophene rings is 1. The minimum absolute atomic E-state index is 0.158. The van der Waals surface area contributed by atoms with Crippen LogP contribution in [0.2, 0.25) is 0 Å². The van der Waals surface area contributed by atoms with Gasteiger partial charge in [-0.05, 0) is 55.3 Å². The number of carbonyl (C=O) groups excluding carboxylic acids is 1. The largest absolute Gasteiger partial charge is 0.319 e. The van der Waals surface area contributed by atoms with Crippen molar-refractivity contribution in [2.24, 2.45) is 18.0 Å². The highest BCUT2D eigenvalue weighted by atomic mass is 32.2. The van der Waals surface area contributed by atoms with E-state index in [9.17, 15) is 13.2 Å². The number of hydrogen-bond donors (Lipinski definition) is 0. The van der Waals surface area contributed by atoms with Gasteiger partial charge in [-0.25, -0.2) is 8.42 Å². The predicted molar refractivity (Wildman–Crippen MR) is 117 cm³/mol. The van der Waals surface area contributed by atoms with Gasteiger partial charge in [0.1, 0.15) is 4.21 Å². The molecule has 3 heterocycles. The fourth-order valence-electron chi connectivity index (χ4n) is 3.70. The van der Waals surface area contributed by atoms with Gasteiger partial charge in [-0.3, -0.25) is 4.79 Å². The van der Waals surface area contributed by atoms with Crippen molar-refractivity contribution >= 4 is 48.8 Å². The second-order valence-corrected chi connectivity index (χ2v) is 11.5. The Bertz CT molecular complexity index is 1230. The molecular weight excluding hydrogens is 426 g/mol. The third-order valence-electron chi connectivity index (χ3n) is 5.59. The van der Waals surface area contributed by atoms with Crippen LogP contribution in [0.1, 0.15) is 24.0 Å². The van der Waals surface area contributed by atoms with Gasteiger partial charge in [0.2, 0.25) is 0 Å². The summed E-state index contributed by atoms with van der Waals surface area (Å²) in [6, 6.07) is 7.52. The molecule has 1 aromatic carbocycles. The van der Waals surface area contributed by atoms with Crippen molar-refractivity contribution in [2.75, 3.05) is 13.1 Å². The maximum absolute atomic E-state index is 12.8. The van der Waals surface area contributed by atoms with Crippen molar-refractivity contribution in [1.29, 1.82) is 0 Å². The minimum Gasteiger partial charge on any atom is -0.319 e. The SMILES string of the molecule is Cc1ccc2sc(=NC(=O)C3CCN(S(=O)(=O)c4cccs4)CC3)n(C)c2c1C. The third-order valence-corrected chi connectivity index (χ3v) is 9.96. The highest BCUT2D eigenvalue weighted by molar-refractivity contribution is 7.91. The van der Waals surface area contributed by atoms with E-state index in [1.807, 2.05) is 11.6 Å². The quantitative estimate of drug-likeness (QED) is 0.615. The molecule has 0 radical (unpaired) electrons. The maximum atomic E-state index is 12.8. The number of aryl methyl sites for hydroxylation is 3. The summed E-state index contributed by atoms with van der Waals surface area (Å²) in [4.78, 5) is 17.9. The lowest BCUT2D eigenvalue weighted by atomic mass is 9.98. The second-order valence-electron chi connectivity index (χ2n) is 7.36. The fraction of sp³-hybridized carbons (Fsp3) is 0.400. The van der Waals surface area contributed by atoms with Gasteiger partial charge in [0.05, 0.1) is 10.2 Å². The van der Waals surface area contributed by atoms with Gasteiger partial charge in [-0.1, -0.05) is 23.5 Å². The number of nitrogens with zero attached hydrogens (tertiary/aromatic N) is 3. The zero-order chi connectivity index (χ0) is 20.8. The fourth-order valence-corrected chi connectivity index (χ4v) is 7.40. The van der Waals surface area contributed by atoms with Gasteiger partial charge in [-0.2, -0.15) is 9.30 Å². The van der Waals surface area contributed by atoms with E-state index >= 15 is 0 Å². The molecule has 9 heteroatoms. The molecule has 4 rings (SSSR count). The zero-order valence-corrected chi connectivity index (χ0v) is 19.0. The van der Waals surface area contributed by atoms with Crippen LogP contribution >= 0.6 is 22.7 Å². The molecule has 3 aromatic rings. The van der Waals surface area contributed by atoms with Gasteiger partial charge in [0, 0.05) is 26.1 Å². The Kier molecular flexibility index (Phi) is 5.50. The Morgan fingerprint density at radius 1 is 1.17 bits per heavy atom. The Hall–Kier alpha value is -1.81. The van der Waals surface area contributed by atoms with Crippen LogP contribution in [0.4, 0.5) is 0 Å².